The Morgan fingerprint density at radius 2 is 2.28 bits per heavy atom. The molecule has 1 aromatic rings. The molecule has 0 radical (unpaired) electrons. The first kappa shape index (κ1) is 12.8. The van der Waals surface area contributed by atoms with Gasteiger partial charge in [-0.1, -0.05) is 25.1 Å². The summed E-state index contributed by atoms with van der Waals surface area (Å²) < 4.78 is 0. The first-order valence-corrected chi connectivity index (χ1v) is 6.41. The first-order chi connectivity index (χ1) is 8.60. The molecule has 1 atom stereocenters. The van der Waals surface area contributed by atoms with Gasteiger partial charge in [-0.05, 0) is 47.9 Å². The quantitative estimate of drug-likeness (QED) is 0.804. The molecule has 0 spiro atoms. The lowest BCUT2D eigenvalue weighted by Crippen LogP contribution is -2.27. The number of aliphatic carboxylic acids is 1. The highest BCUT2D eigenvalue weighted by Gasteiger charge is 2.16. The lowest BCUT2D eigenvalue weighted by atomic mass is 9.86. The van der Waals surface area contributed by atoms with Gasteiger partial charge in [-0.3, -0.25) is 0 Å². The average Bonchev–Trinajstić information content (AvgIpc) is 2.34. The van der Waals surface area contributed by atoms with Gasteiger partial charge in [0.25, 0.3) is 0 Å². The second-order valence-corrected chi connectivity index (χ2v) is 4.85. The predicted molar refractivity (Wildman–Crippen MR) is 72.3 cm³/mol. The van der Waals surface area contributed by atoms with Crippen LogP contribution in [-0.4, -0.2) is 17.1 Å². The standard InChI is InChI=1S/C15H19NO2/c1-2-10(9-15(17)18)12-4-3-11-5-6-14(16)8-13(11)7-12/h3-4,7,9,14H,2,5-6,8,16H2,1H3,(H,17,18). The summed E-state index contributed by atoms with van der Waals surface area (Å²) in [5, 5.41) is 8.86. The maximum Gasteiger partial charge on any atom is 0.328 e. The van der Waals surface area contributed by atoms with E-state index in [1.165, 1.54) is 17.2 Å². The molecule has 1 aromatic carbocycles. The lowest BCUT2D eigenvalue weighted by molar-refractivity contribution is -0.131. The minimum Gasteiger partial charge on any atom is -0.478 e. The molecule has 3 nitrogen and oxygen atoms in total. The van der Waals surface area contributed by atoms with Crippen LogP contribution in [0.3, 0.4) is 0 Å². The molecule has 2 rings (SSSR count). The molecule has 0 aliphatic heterocycles. The Morgan fingerprint density at radius 3 is 2.94 bits per heavy atom. The minimum atomic E-state index is -0.888. The van der Waals surface area contributed by atoms with Crippen molar-refractivity contribution in [2.24, 2.45) is 5.73 Å². The van der Waals surface area contributed by atoms with E-state index in [-0.39, 0.29) is 6.04 Å². The summed E-state index contributed by atoms with van der Waals surface area (Å²) in [5.41, 5.74) is 10.5. The van der Waals surface area contributed by atoms with Crippen molar-refractivity contribution < 1.29 is 9.90 Å². The van der Waals surface area contributed by atoms with Crippen LogP contribution in [0.1, 0.15) is 36.5 Å². The molecule has 1 aliphatic carbocycles. The van der Waals surface area contributed by atoms with Crippen molar-refractivity contribution in [1.82, 2.24) is 0 Å². The normalized spacial score (nSPS) is 19.4. The van der Waals surface area contributed by atoms with Crippen LogP contribution in [-0.2, 0) is 17.6 Å². The van der Waals surface area contributed by atoms with Gasteiger partial charge in [0.2, 0.25) is 0 Å². The predicted octanol–water partition coefficient (Wildman–Crippen LogP) is 2.38. The van der Waals surface area contributed by atoms with Crippen molar-refractivity contribution in [1.29, 1.82) is 0 Å². The Morgan fingerprint density at radius 1 is 1.50 bits per heavy atom. The van der Waals surface area contributed by atoms with E-state index in [2.05, 4.69) is 12.1 Å². The number of aryl methyl sites for hydroxylation is 1. The molecule has 1 unspecified atom stereocenters. The van der Waals surface area contributed by atoms with E-state index in [0.29, 0.717) is 0 Å². The zero-order valence-electron chi connectivity index (χ0n) is 10.6. The molecule has 0 saturated carbocycles. The summed E-state index contributed by atoms with van der Waals surface area (Å²) in [4.78, 5) is 10.8. The molecule has 3 N–H and O–H groups in total. The highest BCUT2D eigenvalue weighted by Crippen LogP contribution is 2.26. The van der Waals surface area contributed by atoms with Gasteiger partial charge in [0, 0.05) is 12.1 Å². The van der Waals surface area contributed by atoms with E-state index in [4.69, 9.17) is 10.8 Å². The van der Waals surface area contributed by atoms with E-state index >= 15 is 0 Å². The van der Waals surface area contributed by atoms with E-state index < -0.39 is 5.97 Å². The van der Waals surface area contributed by atoms with Crippen molar-refractivity contribution >= 4 is 11.5 Å². The van der Waals surface area contributed by atoms with E-state index in [0.717, 1.165) is 36.8 Å². The summed E-state index contributed by atoms with van der Waals surface area (Å²) >= 11 is 0. The van der Waals surface area contributed by atoms with Crippen LogP contribution in [0.15, 0.2) is 24.3 Å². The van der Waals surface area contributed by atoms with Gasteiger partial charge >= 0.3 is 5.97 Å². The molecule has 0 fully saturated rings. The highest BCUT2D eigenvalue weighted by atomic mass is 16.4. The SMILES string of the molecule is CCC(=CC(=O)O)c1ccc2c(c1)CC(N)CC2. The summed E-state index contributed by atoms with van der Waals surface area (Å²) in [5.74, 6) is -0.888. The van der Waals surface area contributed by atoms with Gasteiger partial charge in [-0.2, -0.15) is 0 Å². The number of hydrogen-bond donors (Lipinski definition) is 2. The topological polar surface area (TPSA) is 63.3 Å². The summed E-state index contributed by atoms with van der Waals surface area (Å²) in [6, 6.07) is 6.48. The fourth-order valence-corrected chi connectivity index (χ4v) is 2.52. The Balaban J connectivity index is 2.35. The molecular weight excluding hydrogens is 226 g/mol. The number of carboxylic acids is 1. The fraction of sp³-hybridized carbons (Fsp3) is 0.400. The molecule has 0 amide bonds. The van der Waals surface area contributed by atoms with Crippen molar-refractivity contribution in [2.75, 3.05) is 0 Å². The summed E-state index contributed by atoms with van der Waals surface area (Å²) in [6.07, 6.45) is 4.98. The fourth-order valence-electron chi connectivity index (χ4n) is 2.52. The molecule has 0 bridgehead atoms. The van der Waals surface area contributed by atoms with Crippen molar-refractivity contribution in [3.8, 4) is 0 Å². The smallest absolute Gasteiger partial charge is 0.328 e. The lowest BCUT2D eigenvalue weighted by Gasteiger charge is -2.22. The van der Waals surface area contributed by atoms with Crippen LogP contribution in [0, 0.1) is 0 Å². The number of carbonyl (C=O) groups is 1. The molecule has 0 aromatic heterocycles. The molecule has 96 valence electrons. The number of nitrogens with two attached hydrogens (primary N) is 1. The van der Waals surface area contributed by atoms with E-state index in [1.807, 2.05) is 13.0 Å². The minimum absolute atomic E-state index is 0.237. The number of hydrogen-bond acceptors (Lipinski definition) is 2. The van der Waals surface area contributed by atoms with E-state index in [9.17, 15) is 4.79 Å². The molecule has 1 aliphatic rings. The Kier molecular flexibility index (Phi) is 3.82. The van der Waals surface area contributed by atoms with Crippen molar-refractivity contribution in [2.45, 2.75) is 38.6 Å². The molecular formula is C15H19NO2. The number of carboxylic acid groups (broad SMARTS) is 1. The number of fused-ring (bicyclic) bond motifs is 1. The maximum absolute atomic E-state index is 10.8. The van der Waals surface area contributed by atoms with Crippen LogP contribution in [0.25, 0.3) is 5.57 Å². The molecule has 3 heteroatoms. The number of allylic oxidation sites excluding steroid dienone is 1. The second kappa shape index (κ2) is 5.36. The Hall–Kier alpha value is -1.61. The zero-order chi connectivity index (χ0) is 13.1. The van der Waals surface area contributed by atoms with Crippen LogP contribution < -0.4 is 5.73 Å². The van der Waals surface area contributed by atoms with Gasteiger partial charge < -0.3 is 10.8 Å². The van der Waals surface area contributed by atoms with Crippen LogP contribution >= 0.6 is 0 Å². The monoisotopic (exact) mass is 245 g/mol. The Bertz CT molecular complexity index is 491. The molecule has 0 heterocycles. The largest absolute Gasteiger partial charge is 0.478 e. The summed E-state index contributed by atoms with van der Waals surface area (Å²) in [6.45, 7) is 1.97. The molecule has 18 heavy (non-hydrogen) atoms. The Labute approximate surface area is 107 Å². The summed E-state index contributed by atoms with van der Waals surface area (Å²) in [7, 11) is 0. The number of rotatable bonds is 3. The van der Waals surface area contributed by atoms with Crippen LogP contribution in [0.4, 0.5) is 0 Å². The average molecular weight is 245 g/mol. The van der Waals surface area contributed by atoms with Gasteiger partial charge in [0.05, 0.1) is 0 Å². The van der Waals surface area contributed by atoms with Crippen molar-refractivity contribution in [3.05, 3.63) is 41.0 Å². The second-order valence-electron chi connectivity index (χ2n) is 4.85. The van der Waals surface area contributed by atoms with Gasteiger partial charge in [-0.15, -0.1) is 0 Å². The number of benzene rings is 1. The molecule has 0 saturated heterocycles. The van der Waals surface area contributed by atoms with Crippen LogP contribution in [0.5, 0.6) is 0 Å². The first-order valence-electron chi connectivity index (χ1n) is 6.41. The van der Waals surface area contributed by atoms with Crippen LogP contribution in [0.2, 0.25) is 0 Å². The van der Waals surface area contributed by atoms with Gasteiger partial charge in [0.1, 0.15) is 0 Å². The maximum atomic E-state index is 10.8. The third kappa shape index (κ3) is 2.79. The zero-order valence-corrected chi connectivity index (χ0v) is 10.6. The third-order valence-electron chi connectivity index (χ3n) is 3.52. The third-order valence-corrected chi connectivity index (χ3v) is 3.52. The van der Waals surface area contributed by atoms with E-state index in [1.54, 1.807) is 0 Å². The van der Waals surface area contributed by atoms with Gasteiger partial charge in [0.15, 0.2) is 0 Å². The van der Waals surface area contributed by atoms with Crippen molar-refractivity contribution in [3.63, 3.8) is 0 Å². The van der Waals surface area contributed by atoms with Gasteiger partial charge in [-0.25, -0.2) is 4.79 Å². The highest BCUT2D eigenvalue weighted by molar-refractivity contribution is 5.90.